The first kappa shape index (κ1) is 28.5. The number of hydrogen-bond acceptors (Lipinski definition) is 8. The number of unbranched alkanes of at least 4 members (excludes halogenated alkanes) is 1. The summed E-state index contributed by atoms with van der Waals surface area (Å²) in [5.74, 6) is 0.0398. The van der Waals surface area contributed by atoms with Crippen molar-refractivity contribution in [3.05, 3.63) is 94.1 Å². The third-order valence-electron chi connectivity index (χ3n) is 5.86. The number of aryl methyl sites for hydroxylation is 2. The molecule has 0 atom stereocenters. The van der Waals surface area contributed by atoms with Crippen molar-refractivity contribution >= 4 is 40.0 Å². The molecule has 2 heterocycles. The molecular weight excluding hydrogens is 526 g/mol. The Bertz CT molecular complexity index is 1430. The summed E-state index contributed by atoms with van der Waals surface area (Å²) < 4.78 is 0. The van der Waals surface area contributed by atoms with Gasteiger partial charge in [0.1, 0.15) is 5.01 Å². The van der Waals surface area contributed by atoms with Crippen molar-refractivity contribution in [1.29, 1.82) is 0 Å². The molecule has 2 aromatic carbocycles. The highest BCUT2D eigenvalue weighted by molar-refractivity contribution is 7.15. The smallest absolute Gasteiger partial charge is 0.230 e. The first-order valence-corrected chi connectivity index (χ1v) is 13.9. The minimum absolute atomic E-state index is 0.0487. The van der Waals surface area contributed by atoms with Gasteiger partial charge in [-0.2, -0.15) is 5.10 Å². The third-order valence-corrected chi connectivity index (χ3v) is 6.76. The highest BCUT2D eigenvalue weighted by atomic mass is 32.1. The van der Waals surface area contributed by atoms with Gasteiger partial charge in [-0.3, -0.25) is 14.4 Å². The van der Waals surface area contributed by atoms with Crippen molar-refractivity contribution in [3.8, 4) is 0 Å². The second kappa shape index (κ2) is 14.6. The molecule has 0 bridgehead atoms. The number of carbonyl (C=O) groups excluding carboxylic acids is 3. The lowest BCUT2D eigenvalue weighted by Crippen LogP contribution is -2.24. The van der Waals surface area contributed by atoms with E-state index in [-0.39, 0.29) is 24.1 Å². The number of anilines is 2. The number of rotatable bonds is 13. The summed E-state index contributed by atoms with van der Waals surface area (Å²) >= 11 is 1.37. The van der Waals surface area contributed by atoms with Gasteiger partial charge in [-0.25, -0.2) is 0 Å². The topological polar surface area (TPSA) is 139 Å². The van der Waals surface area contributed by atoms with Gasteiger partial charge in [-0.15, -0.1) is 15.3 Å². The van der Waals surface area contributed by atoms with Gasteiger partial charge in [0.05, 0.1) is 18.5 Å². The molecule has 4 aromatic rings. The molecule has 0 aliphatic heterocycles. The van der Waals surface area contributed by atoms with Gasteiger partial charge in [0.15, 0.2) is 5.82 Å². The average molecular weight is 558 g/mol. The lowest BCUT2D eigenvalue weighted by atomic mass is 10.1. The van der Waals surface area contributed by atoms with Crippen LogP contribution in [0.25, 0.3) is 0 Å². The Balaban J connectivity index is 1.16. The maximum absolute atomic E-state index is 12.6. The molecule has 0 aliphatic rings. The molecule has 0 saturated heterocycles. The van der Waals surface area contributed by atoms with Crippen molar-refractivity contribution < 1.29 is 14.4 Å². The Kier molecular flexibility index (Phi) is 10.4. The molecular formula is C29H31N7O3S. The monoisotopic (exact) mass is 557 g/mol. The Morgan fingerprint density at radius 2 is 1.48 bits per heavy atom. The highest BCUT2D eigenvalue weighted by Gasteiger charge is 2.10. The summed E-state index contributed by atoms with van der Waals surface area (Å²) in [5.41, 5.74) is 3.61. The van der Waals surface area contributed by atoms with E-state index >= 15 is 0 Å². The molecule has 0 radical (unpaired) electrons. The fourth-order valence-corrected chi connectivity index (χ4v) is 4.77. The Labute approximate surface area is 236 Å². The van der Waals surface area contributed by atoms with Gasteiger partial charge in [0.2, 0.25) is 22.9 Å². The average Bonchev–Trinajstić information content (AvgIpc) is 3.38. The predicted molar refractivity (Wildman–Crippen MR) is 154 cm³/mol. The van der Waals surface area contributed by atoms with Crippen LogP contribution < -0.4 is 16.0 Å². The normalized spacial score (nSPS) is 10.6. The Hall–Kier alpha value is -4.51. The van der Waals surface area contributed by atoms with Crippen LogP contribution in [-0.4, -0.2) is 38.1 Å². The van der Waals surface area contributed by atoms with Crippen LogP contribution in [0.15, 0.2) is 66.7 Å². The van der Waals surface area contributed by atoms with E-state index in [9.17, 15) is 14.4 Å². The number of amides is 3. The van der Waals surface area contributed by atoms with E-state index in [2.05, 4.69) is 36.3 Å². The SMILES string of the molecule is CC(=O)Nc1ccc(CCCCc2nnc(NC(=O)Cc3cccc(CNC(=O)Cc4ccccc4)c3)s2)nn1. The number of hydrogen-bond donors (Lipinski definition) is 3. The number of nitrogens with one attached hydrogen (secondary N) is 3. The first-order valence-electron chi connectivity index (χ1n) is 13.0. The summed E-state index contributed by atoms with van der Waals surface area (Å²) in [4.78, 5) is 35.9. The molecule has 0 unspecified atom stereocenters. The van der Waals surface area contributed by atoms with Crippen LogP contribution in [0.2, 0.25) is 0 Å². The van der Waals surface area contributed by atoms with E-state index in [0.29, 0.717) is 23.9 Å². The number of nitrogens with zero attached hydrogens (tertiary/aromatic N) is 4. The minimum atomic E-state index is -0.180. The summed E-state index contributed by atoms with van der Waals surface area (Å²) in [6, 6.07) is 20.8. The van der Waals surface area contributed by atoms with E-state index in [1.807, 2.05) is 60.7 Å². The van der Waals surface area contributed by atoms with Crippen molar-refractivity contribution in [2.45, 2.75) is 52.0 Å². The van der Waals surface area contributed by atoms with E-state index in [0.717, 1.165) is 53.1 Å². The largest absolute Gasteiger partial charge is 0.352 e. The van der Waals surface area contributed by atoms with E-state index in [1.54, 1.807) is 6.07 Å². The zero-order valence-corrected chi connectivity index (χ0v) is 23.0. The minimum Gasteiger partial charge on any atom is -0.352 e. The lowest BCUT2D eigenvalue weighted by Gasteiger charge is -2.08. The molecule has 0 saturated carbocycles. The Morgan fingerprint density at radius 1 is 0.725 bits per heavy atom. The maximum Gasteiger partial charge on any atom is 0.230 e. The van der Waals surface area contributed by atoms with E-state index < -0.39 is 0 Å². The van der Waals surface area contributed by atoms with Crippen molar-refractivity contribution in [2.24, 2.45) is 0 Å². The van der Waals surface area contributed by atoms with E-state index in [1.165, 1.54) is 18.3 Å². The second-order valence-electron chi connectivity index (χ2n) is 9.28. The molecule has 0 aliphatic carbocycles. The number of benzene rings is 2. The van der Waals surface area contributed by atoms with Gasteiger partial charge in [0, 0.05) is 19.9 Å². The molecule has 0 fully saturated rings. The molecule has 0 spiro atoms. The van der Waals surface area contributed by atoms with E-state index in [4.69, 9.17) is 0 Å². The van der Waals surface area contributed by atoms with Crippen molar-refractivity contribution in [1.82, 2.24) is 25.7 Å². The highest BCUT2D eigenvalue weighted by Crippen LogP contribution is 2.18. The fraction of sp³-hybridized carbons (Fsp3) is 0.276. The summed E-state index contributed by atoms with van der Waals surface area (Å²) in [7, 11) is 0. The fourth-order valence-electron chi connectivity index (χ4n) is 3.97. The van der Waals surface area contributed by atoms with Gasteiger partial charge in [0.25, 0.3) is 0 Å². The predicted octanol–water partition coefficient (Wildman–Crippen LogP) is 3.89. The number of carbonyl (C=O) groups is 3. The van der Waals surface area contributed by atoms with Gasteiger partial charge in [-0.1, -0.05) is 65.9 Å². The van der Waals surface area contributed by atoms with Crippen molar-refractivity contribution in [3.63, 3.8) is 0 Å². The second-order valence-corrected chi connectivity index (χ2v) is 10.3. The standard InChI is InChI=1S/C29H31N7O3S/c1-20(37)31-25-15-14-24(33-34-25)12-5-6-13-28-35-36-29(40-28)32-27(39)18-22-10-7-11-23(16-22)19-30-26(38)17-21-8-3-2-4-9-21/h2-4,7-11,14-16H,5-6,12-13,17-19H2,1H3,(H,30,38)(H,31,34,37)(H,32,36,39). The maximum atomic E-state index is 12.6. The molecule has 4 rings (SSSR count). The zero-order chi connectivity index (χ0) is 28.2. The third kappa shape index (κ3) is 9.66. The van der Waals surface area contributed by atoms with Gasteiger partial charge >= 0.3 is 0 Å². The molecule has 3 amide bonds. The zero-order valence-electron chi connectivity index (χ0n) is 22.2. The van der Waals surface area contributed by atoms with Crippen LogP contribution in [0, 0.1) is 0 Å². The number of aromatic nitrogens is 4. The van der Waals surface area contributed by atoms with Crippen molar-refractivity contribution in [2.75, 3.05) is 10.6 Å². The molecule has 40 heavy (non-hydrogen) atoms. The molecule has 10 nitrogen and oxygen atoms in total. The summed E-state index contributed by atoms with van der Waals surface area (Å²) in [5, 5.41) is 26.1. The molecule has 2 aromatic heterocycles. The van der Waals surface area contributed by atoms with Crippen LogP contribution in [0.4, 0.5) is 10.9 Å². The lowest BCUT2D eigenvalue weighted by molar-refractivity contribution is -0.120. The van der Waals surface area contributed by atoms with Gasteiger partial charge in [-0.05, 0) is 48.1 Å². The van der Waals surface area contributed by atoms with Crippen LogP contribution in [0.5, 0.6) is 0 Å². The molecule has 3 N–H and O–H groups in total. The Morgan fingerprint density at radius 3 is 2.25 bits per heavy atom. The molecule has 11 heteroatoms. The summed E-state index contributed by atoms with van der Waals surface area (Å²) in [6.07, 6.45) is 3.85. The quantitative estimate of drug-likeness (QED) is 0.212. The van der Waals surface area contributed by atoms with Crippen LogP contribution >= 0.6 is 11.3 Å². The van der Waals surface area contributed by atoms with Crippen LogP contribution in [0.3, 0.4) is 0 Å². The van der Waals surface area contributed by atoms with Crippen LogP contribution in [-0.2, 0) is 46.6 Å². The van der Waals surface area contributed by atoms with Crippen LogP contribution in [0.1, 0.15) is 47.2 Å². The summed E-state index contributed by atoms with van der Waals surface area (Å²) in [6.45, 7) is 1.83. The first-order chi connectivity index (χ1) is 19.4. The molecule has 206 valence electrons. The van der Waals surface area contributed by atoms with Gasteiger partial charge < -0.3 is 16.0 Å².